The van der Waals surface area contributed by atoms with Crippen LogP contribution in [0.1, 0.15) is 26.5 Å². The van der Waals surface area contributed by atoms with Crippen molar-refractivity contribution in [2.24, 2.45) is 0 Å². The number of fused-ring (bicyclic) bond motifs is 1. The molecule has 1 heterocycles. The summed E-state index contributed by atoms with van der Waals surface area (Å²) in [6, 6.07) is 6.20. The van der Waals surface area contributed by atoms with Crippen LogP contribution >= 0.6 is 0 Å². The van der Waals surface area contributed by atoms with E-state index in [4.69, 9.17) is 0 Å². The summed E-state index contributed by atoms with van der Waals surface area (Å²) in [5.74, 6) is -0.310. The van der Waals surface area contributed by atoms with E-state index in [0.717, 1.165) is 5.69 Å². The van der Waals surface area contributed by atoms with Gasteiger partial charge in [0, 0.05) is 16.6 Å². The van der Waals surface area contributed by atoms with Crippen LogP contribution in [0.3, 0.4) is 0 Å². The Labute approximate surface area is 146 Å². The fourth-order valence-electron chi connectivity index (χ4n) is 2.65. The zero-order valence-electron chi connectivity index (χ0n) is 15.0. The predicted molar refractivity (Wildman–Crippen MR) is 94.9 cm³/mol. The first-order chi connectivity index (χ1) is 11.1. The highest BCUT2D eigenvalue weighted by Crippen LogP contribution is 2.42. The van der Waals surface area contributed by atoms with Crippen molar-refractivity contribution in [3.05, 3.63) is 30.0 Å². The van der Waals surface area contributed by atoms with Gasteiger partial charge in [-0.15, -0.1) is 0 Å². The van der Waals surface area contributed by atoms with Crippen molar-refractivity contribution in [1.82, 2.24) is 4.23 Å². The first-order valence-corrected chi connectivity index (χ1v) is 12.1. The van der Waals surface area contributed by atoms with Crippen molar-refractivity contribution < 1.29 is 25.8 Å². The number of benzene rings is 1. The molecule has 0 aliphatic carbocycles. The van der Waals surface area contributed by atoms with Gasteiger partial charge in [0.25, 0.3) is 0 Å². The molecule has 4 nitrogen and oxygen atoms in total. The Morgan fingerprint density at radius 1 is 1.12 bits per heavy atom. The van der Waals surface area contributed by atoms with Gasteiger partial charge in [-0.1, -0.05) is 39.9 Å². The van der Waals surface area contributed by atoms with Crippen LogP contribution in [0.25, 0.3) is 10.9 Å². The summed E-state index contributed by atoms with van der Waals surface area (Å²) in [6.45, 7) is 12.6. The van der Waals surface area contributed by atoms with Crippen LogP contribution in [0, 0.1) is 6.92 Å². The van der Waals surface area contributed by atoms with Crippen molar-refractivity contribution in [2.75, 3.05) is 0 Å². The lowest BCUT2D eigenvalue weighted by Gasteiger charge is -2.39. The molecule has 0 atom stereocenters. The second kappa shape index (κ2) is 5.77. The highest BCUT2D eigenvalue weighted by molar-refractivity contribution is 7.88. The van der Waals surface area contributed by atoms with Crippen LogP contribution in [0.5, 0.6) is 5.75 Å². The summed E-state index contributed by atoms with van der Waals surface area (Å²) in [4.78, 5) is 0. The molecule has 0 unspecified atom stereocenters. The van der Waals surface area contributed by atoms with Crippen LogP contribution in [-0.2, 0) is 10.1 Å². The van der Waals surface area contributed by atoms with E-state index >= 15 is 0 Å². The van der Waals surface area contributed by atoms with Crippen LogP contribution in [0.4, 0.5) is 13.2 Å². The van der Waals surface area contributed by atoms with Crippen LogP contribution in [0.2, 0.25) is 18.1 Å². The van der Waals surface area contributed by atoms with Gasteiger partial charge in [-0.2, -0.15) is 21.6 Å². The average Bonchev–Trinajstić information content (AvgIpc) is 2.73. The minimum atomic E-state index is -5.71. The maximum atomic E-state index is 12.6. The Balaban J connectivity index is 2.69. The molecule has 1 aromatic carbocycles. The molecule has 140 valence electrons. The predicted octanol–water partition coefficient (Wildman–Crippen LogP) is 5.03. The molecule has 0 amide bonds. The van der Waals surface area contributed by atoms with Crippen LogP contribution in [0.15, 0.2) is 24.3 Å². The quantitative estimate of drug-likeness (QED) is 0.417. The van der Waals surface area contributed by atoms with Gasteiger partial charge in [0.05, 0.1) is 0 Å². The zero-order chi connectivity index (χ0) is 19.4. The third-order valence-corrected chi connectivity index (χ3v) is 11.2. The van der Waals surface area contributed by atoms with Gasteiger partial charge in [0.15, 0.2) is 14.0 Å². The maximum absolute atomic E-state index is 12.6. The molecule has 1 aromatic heterocycles. The van der Waals surface area contributed by atoms with Crippen molar-refractivity contribution in [1.29, 1.82) is 0 Å². The lowest BCUT2D eigenvalue weighted by atomic mass is 10.2. The molecule has 2 rings (SSSR count). The van der Waals surface area contributed by atoms with Crippen molar-refractivity contribution in [3.8, 4) is 5.75 Å². The van der Waals surface area contributed by atoms with Crippen LogP contribution in [-0.4, -0.2) is 26.4 Å². The third-order valence-electron chi connectivity index (χ3n) is 4.87. The van der Waals surface area contributed by atoms with Crippen molar-refractivity contribution in [2.45, 2.75) is 51.3 Å². The van der Waals surface area contributed by atoms with E-state index in [0.29, 0.717) is 10.9 Å². The van der Waals surface area contributed by atoms with Gasteiger partial charge in [0.2, 0.25) is 0 Å². The Kier molecular flexibility index (Phi) is 4.58. The van der Waals surface area contributed by atoms with E-state index in [1.54, 1.807) is 12.1 Å². The highest BCUT2D eigenvalue weighted by atomic mass is 32.2. The van der Waals surface area contributed by atoms with Crippen molar-refractivity contribution in [3.63, 3.8) is 0 Å². The lowest BCUT2D eigenvalue weighted by molar-refractivity contribution is -0.0499. The molecule has 0 N–H and O–H groups in total. The monoisotopic (exact) mass is 393 g/mol. The van der Waals surface area contributed by atoms with E-state index < -0.39 is 23.9 Å². The Morgan fingerprint density at radius 3 is 2.16 bits per heavy atom. The van der Waals surface area contributed by atoms with E-state index in [1.165, 1.54) is 12.1 Å². The number of hydrogen-bond donors (Lipinski definition) is 0. The fraction of sp³-hybridized carbons (Fsp3) is 0.500. The molecule has 0 spiro atoms. The van der Waals surface area contributed by atoms with Gasteiger partial charge in [-0.3, -0.25) is 0 Å². The summed E-state index contributed by atoms with van der Waals surface area (Å²) >= 11 is 0. The van der Waals surface area contributed by atoms with E-state index in [2.05, 4.69) is 42.3 Å². The van der Waals surface area contributed by atoms with Gasteiger partial charge in [0.1, 0.15) is 0 Å². The second-order valence-electron chi connectivity index (χ2n) is 7.60. The number of alkyl halides is 3. The first kappa shape index (κ1) is 19.8. The first-order valence-electron chi connectivity index (χ1n) is 7.72. The molecule has 25 heavy (non-hydrogen) atoms. The third kappa shape index (κ3) is 3.31. The average molecular weight is 394 g/mol. The number of nitrogens with zero attached hydrogens (tertiary/aromatic N) is 1. The lowest BCUT2D eigenvalue weighted by Crippen LogP contribution is -2.45. The summed E-state index contributed by atoms with van der Waals surface area (Å²) in [5, 5.41) is 0.344. The minimum Gasteiger partial charge on any atom is -0.375 e. The number of halogens is 3. The van der Waals surface area contributed by atoms with Gasteiger partial charge < -0.3 is 8.42 Å². The number of hydrogen-bond acceptors (Lipinski definition) is 3. The van der Waals surface area contributed by atoms with E-state index in [1.807, 2.05) is 6.92 Å². The molecule has 0 aliphatic heterocycles. The summed E-state index contributed by atoms with van der Waals surface area (Å²) in [7, 11) is -7.77. The molecule has 0 saturated heterocycles. The number of aromatic nitrogens is 1. The van der Waals surface area contributed by atoms with Gasteiger partial charge in [-0.05, 0) is 30.2 Å². The molecule has 9 heteroatoms. The summed E-state index contributed by atoms with van der Waals surface area (Å²) in [5.41, 5.74) is -3.92. The normalized spacial score (nSPS) is 14.1. The molecule has 2 aromatic rings. The molecule has 0 saturated carbocycles. The highest BCUT2D eigenvalue weighted by Gasteiger charge is 2.49. The van der Waals surface area contributed by atoms with Crippen molar-refractivity contribution >= 4 is 29.3 Å². The smallest absolute Gasteiger partial charge is 0.375 e. The number of rotatable bonds is 3. The number of aryl methyl sites for hydroxylation is 1. The molecular weight excluding hydrogens is 371 g/mol. The second-order valence-corrected chi connectivity index (χ2v) is 14.2. The molecule has 0 radical (unpaired) electrons. The topological polar surface area (TPSA) is 48.3 Å². The minimum absolute atomic E-state index is 0.0153. The fourth-order valence-corrected chi connectivity index (χ4v) is 5.54. The van der Waals surface area contributed by atoms with Gasteiger partial charge in [-0.25, -0.2) is 0 Å². The SMILES string of the molecule is Cc1cc2c(OS(=O)(=O)C(F)(F)F)cccc2n1[Si](C)(C)C(C)(C)C. The molecule has 0 bridgehead atoms. The maximum Gasteiger partial charge on any atom is 0.534 e. The Morgan fingerprint density at radius 2 is 1.68 bits per heavy atom. The summed E-state index contributed by atoms with van der Waals surface area (Å²) in [6.07, 6.45) is 0. The van der Waals surface area contributed by atoms with E-state index in [-0.39, 0.29) is 10.8 Å². The van der Waals surface area contributed by atoms with E-state index in [9.17, 15) is 21.6 Å². The van der Waals surface area contributed by atoms with Gasteiger partial charge >= 0.3 is 15.6 Å². The molecular formula is C16H22F3NO3SSi. The standard InChI is InChI=1S/C16H22F3NO3SSi/c1-11-10-12-13(20(11)25(5,6)15(2,3)4)8-7-9-14(12)23-24(21,22)16(17,18)19/h7-10H,1-6H3. The zero-order valence-corrected chi connectivity index (χ0v) is 16.8. The molecule has 0 aliphatic rings. The summed E-state index contributed by atoms with van der Waals surface area (Å²) < 4.78 is 67.2. The Hall–Kier alpha value is -1.48. The Bertz CT molecular complexity index is 909. The molecule has 0 fully saturated rings. The van der Waals surface area contributed by atoms with Crippen LogP contribution < -0.4 is 4.18 Å². The largest absolute Gasteiger partial charge is 0.534 e.